The molecule has 128 valence electrons. The molecule has 0 saturated carbocycles. The van der Waals surface area contributed by atoms with Crippen LogP contribution in [0, 0.1) is 0 Å². The Morgan fingerprint density at radius 2 is 1.92 bits per heavy atom. The van der Waals surface area contributed by atoms with Crippen molar-refractivity contribution in [2.75, 3.05) is 13.0 Å². The van der Waals surface area contributed by atoms with Crippen molar-refractivity contribution in [3.8, 4) is 17.1 Å². The maximum Gasteiger partial charge on any atom is 0.358 e. The average molecular weight is 357 g/mol. The summed E-state index contributed by atoms with van der Waals surface area (Å²) in [6, 6.07) is 14.2. The van der Waals surface area contributed by atoms with Gasteiger partial charge < -0.3 is 9.84 Å². The number of aromatic nitrogens is 3. The molecule has 3 aromatic rings. The average Bonchev–Trinajstić information content (AvgIpc) is 3.01. The van der Waals surface area contributed by atoms with Gasteiger partial charge >= 0.3 is 11.1 Å². The van der Waals surface area contributed by atoms with Gasteiger partial charge in [-0.1, -0.05) is 12.1 Å². The lowest BCUT2D eigenvalue weighted by Gasteiger charge is -2.01. The van der Waals surface area contributed by atoms with Crippen LogP contribution in [0.5, 0.6) is 5.75 Å². The number of nitrogen functional groups attached to an aromatic ring is 1. The number of ether oxygens (including phenoxy) is 1. The third-order valence-corrected chi connectivity index (χ3v) is 4.66. The molecular formula is C17H17N4O3S+. The minimum atomic E-state index is -0.935. The van der Waals surface area contributed by atoms with Crippen molar-refractivity contribution >= 4 is 17.7 Å². The molecule has 0 radical (unpaired) electrons. The smallest absolute Gasteiger partial charge is 0.358 e. The van der Waals surface area contributed by atoms with Gasteiger partial charge in [0, 0.05) is 5.75 Å². The zero-order valence-corrected chi connectivity index (χ0v) is 14.3. The molecule has 0 fully saturated rings. The number of nitrogens with two attached hydrogens (primary N) is 1. The molecule has 7 nitrogen and oxygen atoms in total. The molecule has 0 aliphatic carbocycles. The van der Waals surface area contributed by atoms with Crippen molar-refractivity contribution in [1.29, 1.82) is 0 Å². The summed E-state index contributed by atoms with van der Waals surface area (Å²) < 4.78 is 6.64. The number of rotatable bonds is 6. The lowest BCUT2D eigenvalue weighted by atomic mass is 10.1. The molecule has 3 rings (SSSR count). The van der Waals surface area contributed by atoms with Crippen molar-refractivity contribution in [1.82, 2.24) is 10.2 Å². The number of nitrogens with one attached hydrogen (secondary N) is 1. The molecule has 0 bridgehead atoms. The molecule has 2 aromatic carbocycles. The predicted octanol–water partition coefficient (Wildman–Crippen LogP) is 2.08. The van der Waals surface area contributed by atoms with E-state index in [2.05, 4.69) is 10.2 Å². The quantitative estimate of drug-likeness (QED) is 0.354. The fourth-order valence-corrected chi connectivity index (χ4v) is 3.08. The van der Waals surface area contributed by atoms with Gasteiger partial charge in [-0.15, -0.1) is 9.77 Å². The van der Waals surface area contributed by atoms with Crippen LogP contribution in [0.2, 0.25) is 0 Å². The second-order valence-corrected chi connectivity index (χ2v) is 6.19. The van der Waals surface area contributed by atoms with E-state index in [1.165, 1.54) is 16.4 Å². The number of methoxy groups -OCH3 is 1. The molecule has 0 unspecified atom stereocenters. The second-order valence-electron chi connectivity index (χ2n) is 5.24. The molecule has 4 N–H and O–H groups in total. The first-order valence-corrected chi connectivity index (χ1v) is 8.42. The lowest BCUT2D eigenvalue weighted by Crippen LogP contribution is -2.46. The van der Waals surface area contributed by atoms with Crippen LogP contribution < -0.4 is 15.3 Å². The van der Waals surface area contributed by atoms with Gasteiger partial charge in [0.1, 0.15) is 5.75 Å². The summed E-state index contributed by atoms with van der Waals surface area (Å²) in [6.45, 7) is 0. The summed E-state index contributed by atoms with van der Waals surface area (Å²) in [5, 5.41) is 16.7. The SMILES string of the molecule is COc1ccc(-c2[nH]nc(SCc3ccc(C(=O)O)cc3)[n+]2N)cc1. The van der Waals surface area contributed by atoms with E-state index in [4.69, 9.17) is 15.7 Å². The highest BCUT2D eigenvalue weighted by Gasteiger charge is 2.20. The van der Waals surface area contributed by atoms with Gasteiger partial charge in [0.25, 0.3) is 5.82 Å². The van der Waals surface area contributed by atoms with Crippen molar-refractivity contribution in [2.45, 2.75) is 10.9 Å². The van der Waals surface area contributed by atoms with Crippen LogP contribution in [0.3, 0.4) is 0 Å². The fourth-order valence-electron chi connectivity index (χ4n) is 2.25. The first-order chi connectivity index (χ1) is 12.1. The van der Waals surface area contributed by atoms with Crippen molar-refractivity contribution in [3.05, 3.63) is 59.7 Å². The number of carbonyl (C=O) groups is 1. The predicted molar refractivity (Wildman–Crippen MR) is 93.9 cm³/mol. The minimum absolute atomic E-state index is 0.268. The van der Waals surface area contributed by atoms with E-state index in [0.29, 0.717) is 16.7 Å². The Hall–Kier alpha value is -3.00. The summed E-state index contributed by atoms with van der Waals surface area (Å²) >= 11 is 1.46. The normalized spacial score (nSPS) is 10.6. The number of benzene rings is 2. The topological polar surface area (TPSA) is 105 Å². The maximum atomic E-state index is 10.9. The van der Waals surface area contributed by atoms with Crippen LogP contribution >= 0.6 is 11.8 Å². The first-order valence-electron chi connectivity index (χ1n) is 7.43. The number of nitrogens with zero attached hydrogens (tertiary/aromatic N) is 2. The molecule has 0 spiro atoms. The molecule has 1 heterocycles. The monoisotopic (exact) mass is 357 g/mol. The molecule has 0 aliphatic rings. The Bertz CT molecular complexity index is 876. The molecule has 1 aromatic heterocycles. The van der Waals surface area contributed by atoms with Crippen molar-refractivity contribution < 1.29 is 19.3 Å². The number of aromatic carboxylic acids is 1. The summed E-state index contributed by atoms with van der Waals surface area (Å²) in [6.07, 6.45) is 0. The van der Waals surface area contributed by atoms with E-state index < -0.39 is 5.97 Å². The van der Waals surface area contributed by atoms with E-state index in [0.717, 1.165) is 16.9 Å². The Balaban J connectivity index is 1.71. The molecule has 25 heavy (non-hydrogen) atoms. The van der Waals surface area contributed by atoms with Crippen LogP contribution in [-0.4, -0.2) is 28.4 Å². The number of H-pyrrole nitrogens is 1. The molecule has 0 aliphatic heterocycles. The molecule has 0 saturated heterocycles. The highest BCUT2D eigenvalue weighted by molar-refractivity contribution is 7.98. The largest absolute Gasteiger partial charge is 0.497 e. The maximum absolute atomic E-state index is 10.9. The second kappa shape index (κ2) is 7.27. The zero-order chi connectivity index (χ0) is 17.8. The van der Waals surface area contributed by atoms with Crippen LogP contribution in [-0.2, 0) is 5.75 Å². The van der Waals surface area contributed by atoms with Crippen LogP contribution in [0.1, 0.15) is 15.9 Å². The van der Waals surface area contributed by atoms with Gasteiger partial charge in [-0.3, -0.25) is 5.84 Å². The Kier molecular flexibility index (Phi) is 4.90. The minimum Gasteiger partial charge on any atom is -0.497 e. The Morgan fingerprint density at radius 3 is 2.52 bits per heavy atom. The van der Waals surface area contributed by atoms with Gasteiger partial charge in [0.15, 0.2) is 0 Å². The van der Waals surface area contributed by atoms with Gasteiger partial charge in [-0.25, -0.2) is 4.79 Å². The van der Waals surface area contributed by atoms with Crippen molar-refractivity contribution in [2.24, 2.45) is 0 Å². The van der Waals surface area contributed by atoms with Crippen molar-refractivity contribution in [3.63, 3.8) is 0 Å². The number of carboxylic acid groups (broad SMARTS) is 1. The fraction of sp³-hybridized carbons (Fsp3) is 0.118. The Morgan fingerprint density at radius 1 is 1.24 bits per heavy atom. The summed E-state index contributed by atoms with van der Waals surface area (Å²) in [5.74, 6) is 7.28. The molecule has 0 amide bonds. The summed E-state index contributed by atoms with van der Waals surface area (Å²) in [4.78, 5) is 10.9. The summed E-state index contributed by atoms with van der Waals surface area (Å²) in [5.41, 5.74) is 2.15. The molecule has 0 atom stereocenters. The zero-order valence-electron chi connectivity index (χ0n) is 13.5. The first kappa shape index (κ1) is 16.8. The van der Waals surface area contributed by atoms with Gasteiger partial charge in [0.05, 0.1) is 23.3 Å². The third-order valence-electron chi connectivity index (χ3n) is 3.64. The number of carboxylic acids is 1. The van der Waals surface area contributed by atoms with Gasteiger partial charge in [0.2, 0.25) is 0 Å². The van der Waals surface area contributed by atoms with E-state index in [-0.39, 0.29) is 5.56 Å². The molecule has 8 heteroatoms. The third kappa shape index (κ3) is 3.74. The number of thioether (sulfide) groups is 1. The number of hydrogen-bond acceptors (Lipinski definition) is 5. The van der Waals surface area contributed by atoms with Gasteiger partial charge in [-0.05, 0) is 53.7 Å². The van der Waals surface area contributed by atoms with E-state index >= 15 is 0 Å². The highest BCUT2D eigenvalue weighted by atomic mass is 32.2. The molecular weight excluding hydrogens is 340 g/mol. The number of aromatic amines is 1. The van der Waals surface area contributed by atoms with E-state index in [9.17, 15) is 4.79 Å². The number of hydrogen-bond donors (Lipinski definition) is 3. The van der Waals surface area contributed by atoms with E-state index in [1.54, 1.807) is 31.4 Å². The standard InChI is InChI=1S/C17H16N4O3S/c1-24-14-8-6-12(7-9-14)15-19-20-17(21(15)18)25-10-11-2-4-13(5-3-11)16(22)23/h2-9H,10,18H2,1H3,(H,22,23)/p+1. The lowest BCUT2D eigenvalue weighted by molar-refractivity contribution is -0.666. The van der Waals surface area contributed by atoms with Gasteiger partial charge in [-0.2, -0.15) is 0 Å². The Labute approximate surface area is 148 Å². The van der Waals surface area contributed by atoms with Crippen LogP contribution in [0.4, 0.5) is 0 Å². The van der Waals surface area contributed by atoms with Crippen LogP contribution in [0.15, 0.2) is 53.7 Å². The summed E-state index contributed by atoms with van der Waals surface area (Å²) in [7, 11) is 1.62. The highest BCUT2D eigenvalue weighted by Crippen LogP contribution is 2.22. The van der Waals surface area contributed by atoms with Crippen LogP contribution in [0.25, 0.3) is 11.4 Å². The van der Waals surface area contributed by atoms with E-state index in [1.807, 2.05) is 24.3 Å².